The maximum Gasteiger partial charge on any atom is 0.165 e. The van der Waals surface area contributed by atoms with E-state index in [-0.39, 0.29) is 0 Å². The Bertz CT molecular complexity index is 3530. The van der Waals surface area contributed by atoms with Crippen molar-refractivity contribution in [2.24, 2.45) is 0 Å². The third-order valence-electron chi connectivity index (χ3n) is 10.9. The lowest BCUT2D eigenvalue weighted by molar-refractivity contribution is 0.669. The van der Waals surface area contributed by atoms with Gasteiger partial charge in [0.2, 0.25) is 0 Å². The van der Waals surface area contributed by atoms with Crippen LogP contribution in [-0.4, -0.2) is 19.9 Å². The monoisotopic (exact) mass is 748 g/mol. The average molecular weight is 749 g/mol. The van der Waals surface area contributed by atoms with E-state index in [1.54, 1.807) is 12.4 Å². The fourth-order valence-corrected chi connectivity index (χ4v) is 9.20. The van der Waals surface area contributed by atoms with Crippen molar-refractivity contribution in [1.82, 2.24) is 19.9 Å². The highest BCUT2D eigenvalue weighted by Crippen LogP contribution is 2.44. The fourth-order valence-electron chi connectivity index (χ4n) is 8.11. The maximum atomic E-state index is 6.69. The van der Waals surface area contributed by atoms with Gasteiger partial charge < -0.3 is 8.83 Å². The summed E-state index contributed by atoms with van der Waals surface area (Å²) < 4.78 is 15.5. The van der Waals surface area contributed by atoms with Crippen molar-refractivity contribution in [3.8, 4) is 56.4 Å². The Labute approximate surface area is 329 Å². The summed E-state index contributed by atoms with van der Waals surface area (Å²) in [6.45, 7) is 0. The number of hydrogen-bond donors (Lipinski definition) is 0. The number of thiophene rings is 1. The number of aromatic nitrogens is 4. The van der Waals surface area contributed by atoms with E-state index in [4.69, 9.17) is 23.8 Å². The van der Waals surface area contributed by atoms with E-state index in [0.29, 0.717) is 17.5 Å². The summed E-state index contributed by atoms with van der Waals surface area (Å²) in [5, 5.41) is 6.85. The van der Waals surface area contributed by atoms with Crippen molar-refractivity contribution < 1.29 is 8.83 Å². The Morgan fingerprint density at radius 1 is 0.386 bits per heavy atom. The number of benzene rings is 7. The molecule has 5 heterocycles. The Morgan fingerprint density at radius 3 is 1.84 bits per heavy atom. The molecule has 12 aromatic rings. The van der Waals surface area contributed by atoms with Crippen LogP contribution in [0.15, 0.2) is 179 Å². The molecule has 57 heavy (non-hydrogen) atoms. The van der Waals surface area contributed by atoms with Crippen molar-refractivity contribution in [3.63, 3.8) is 0 Å². The second kappa shape index (κ2) is 12.5. The van der Waals surface area contributed by atoms with Crippen molar-refractivity contribution in [1.29, 1.82) is 0 Å². The van der Waals surface area contributed by atoms with Gasteiger partial charge in [-0.05, 0) is 77.4 Å². The Hall–Kier alpha value is -7.48. The van der Waals surface area contributed by atoms with E-state index >= 15 is 0 Å². The summed E-state index contributed by atoms with van der Waals surface area (Å²) in [4.78, 5) is 19.3. The first kappa shape index (κ1) is 31.8. The first-order valence-corrected chi connectivity index (χ1v) is 19.6. The quantitative estimate of drug-likeness (QED) is 0.174. The van der Waals surface area contributed by atoms with E-state index in [1.807, 2.05) is 65.9 Å². The summed E-state index contributed by atoms with van der Waals surface area (Å²) >= 11 is 1.83. The Morgan fingerprint density at radius 2 is 1.02 bits per heavy atom. The molecule has 7 aromatic carbocycles. The second-order valence-electron chi connectivity index (χ2n) is 14.2. The van der Waals surface area contributed by atoms with Crippen LogP contribution in [0.5, 0.6) is 0 Å². The van der Waals surface area contributed by atoms with Crippen LogP contribution in [0.2, 0.25) is 0 Å². The molecule has 0 amide bonds. The zero-order valence-electron chi connectivity index (χ0n) is 30.2. The highest BCUT2D eigenvalue weighted by Gasteiger charge is 2.19. The van der Waals surface area contributed by atoms with Gasteiger partial charge in [-0.15, -0.1) is 11.3 Å². The molecule has 0 atom stereocenters. The molecule has 0 fully saturated rings. The van der Waals surface area contributed by atoms with Gasteiger partial charge in [0.25, 0.3) is 0 Å². The first-order chi connectivity index (χ1) is 28.2. The largest absolute Gasteiger partial charge is 0.456 e. The van der Waals surface area contributed by atoms with Gasteiger partial charge >= 0.3 is 0 Å². The lowest BCUT2D eigenvalue weighted by atomic mass is 9.93. The van der Waals surface area contributed by atoms with Crippen LogP contribution in [0.1, 0.15) is 0 Å². The molecule has 0 saturated carbocycles. The third-order valence-corrected chi connectivity index (χ3v) is 12.0. The predicted octanol–water partition coefficient (Wildman–Crippen LogP) is 13.8. The molecule has 0 saturated heterocycles. The number of rotatable bonds is 5. The topological polar surface area (TPSA) is 77.8 Å². The molecule has 7 heteroatoms. The lowest BCUT2D eigenvalue weighted by Gasteiger charge is -2.11. The van der Waals surface area contributed by atoms with Crippen LogP contribution in [0, 0.1) is 0 Å². The van der Waals surface area contributed by atoms with Gasteiger partial charge in [0.15, 0.2) is 17.5 Å². The third kappa shape index (κ3) is 5.17. The highest BCUT2D eigenvalue weighted by atomic mass is 32.1. The number of furan rings is 2. The highest BCUT2D eigenvalue weighted by molar-refractivity contribution is 7.25. The maximum absolute atomic E-state index is 6.69. The first-order valence-electron chi connectivity index (χ1n) is 18.8. The van der Waals surface area contributed by atoms with Crippen molar-refractivity contribution in [2.75, 3.05) is 0 Å². The molecule has 0 N–H and O–H groups in total. The van der Waals surface area contributed by atoms with Gasteiger partial charge in [0.05, 0.1) is 0 Å². The summed E-state index contributed by atoms with van der Waals surface area (Å²) in [6.07, 6.45) is 3.52. The van der Waals surface area contributed by atoms with E-state index in [1.165, 1.54) is 20.2 Å². The molecule has 0 aliphatic rings. The van der Waals surface area contributed by atoms with Crippen LogP contribution in [-0.2, 0) is 0 Å². The zero-order valence-corrected chi connectivity index (χ0v) is 31.0. The molecular formula is C50H28N4O2S. The molecule has 0 aliphatic carbocycles. The van der Waals surface area contributed by atoms with E-state index in [2.05, 4.69) is 108 Å². The van der Waals surface area contributed by atoms with Gasteiger partial charge in [0.1, 0.15) is 22.3 Å². The van der Waals surface area contributed by atoms with Gasteiger partial charge in [-0.25, -0.2) is 15.0 Å². The summed E-state index contributed by atoms with van der Waals surface area (Å²) in [7, 11) is 0. The lowest BCUT2D eigenvalue weighted by Crippen LogP contribution is -2.00. The minimum Gasteiger partial charge on any atom is -0.456 e. The van der Waals surface area contributed by atoms with Crippen molar-refractivity contribution >= 4 is 75.4 Å². The number of para-hydroxylation sites is 2. The minimum atomic E-state index is 0.549. The van der Waals surface area contributed by atoms with Crippen LogP contribution >= 0.6 is 11.3 Å². The van der Waals surface area contributed by atoms with Gasteiger partial charge in [-0.3, -0.25) is 4.98 Å². The van der Waals surface area contributed by atoms with Crippen LogP contribution in [0.4, 0.5) is 0 Å². The molecule has 0 spiro atoms. The molecule has 0 aliphatic heterocycles. The molecule has 12 rings (SSSR count). The standard InChI is InChI=1S/C50H28N4O2S/c1-4-12-41-36(9-1)37-21-19-32(27-43(37)55-41)49-52-48(53-50(54-49)33-8-7-25-51-28-33)30-17-15-29(16-18-30)34-22-23-35(47-46(34)39-11-2-5-13-42(39)56-47)31-20-24-45-40(26-31)38-10-3-6-14-44(38)57-45/h1-28H. The molecule has 266 valence electrons. The molecular weight excluding hydrogens is 721 g/mol. The average Bonchev–Trinajstić information content (AvgIpc) is 3.97. The smallest absolute Gasteiger partial charge is 0.165 e. The summed E-state index contributed by atoms with van der Waals surface area (Å²) in [5.74, 6) is 1.68. The van der Waals surface area contributed by atoms with Crippen molar-refractivity contribution in [2.45, 2.75) is 0 Å². The van der Waals surface area contributed by atoms with Crippen LogP contribution in [0.3, 0.4) is 0 Å². The van der Waals surface area contributed by atoms with E-state index in [9.17, 15) is 0 Å². The minimum absolute atomic E-state index is 0.549. The molecule has 0 bridgehead atoms. The zero-order chi connectivity index (χ0) is 37.5. The number of nitrogens with zero attached hydrogens (tertiary/aromatic N) is 4. The number of fused-ring (bicyclic) bond motifs is 9. The SMILES string of the molecule is c1cncc(-c2nc(-c3ccc(-c4ccc(-c5ccc6sc7ccccc7c6c5)c5oc6ccccc6c45)cc3)nc(-c3ccc4c(c3)oc3ccccc34)n2)c1. The second-order valence-corrected chi connectivity index (χ2v) is 15.3. The Kier molecular flexibility index (Phi) is 7.00. The van der Waals surface area contributed by atoms with Crippen molar-refractivity contribution in [3.05, 3.63) is 170 Å². The normalized spacial score (nSPS) is 11.9. The van der Waals surface area contributed by atoms with Crippen LogP contribution < -0.4 is 0 Å². The van der Waals surface area contributed by atoms with Gasteiger partial charge in [-0.1, -0.05) is 97.1 Å². The van der Waals surface area contributed by atoms with Gasteiger partial charge in [-0.2, -0.15) is 0 Å². The molecule has 0 radical (unpaired) electrons. The van der Waals surface area contributed by atoms with E-state index < -0.39 is 0 Å². The molecule has 5 aromatic heterocycles. The molecule has 6 nitrogen and oxygen atoms in total. The number of pyridine rings is 1. The van der Waals surface area contributed by atoms with Gasteiger partial charge in [0, 0.05) is 76.4 Å². The Balaban J connectivity index is 0.976. The van der Waals surface area contributed by atoms with Crippen LogP contribution in [0.25, 0.3) is 120 Å². The fraction of sp³-hybridized carbons (Fsp3) is 0. The van der Waals surface area contributed by atoms with E-state index in [0.717, 1.165) is 82.8 Å². The molecule has 0 unspecified atom stereocenters. The summed E-state index contributed by atoms with van der Waals surface area (Å²) in [5.41, 5.74) is 10.3. The summed E-state index contributed by atoms with van der Waals surface area (Å²) in [6, 6.07) is 54.6. The predicted molar refractivity (Wildman–Crippen MR) is 232 cm³/mol. The number of hydrogen-bond acceptors (Lipinski definition) is 7.